The van der Waals surface area contributed by atoms with Gasteiger partial charge in [0.2, 0.25) is 0 Å². The monoisotopic (exact) mass is 247 g/mol. The molecule has 3 unspecified atom stereocenters. The van der Waals surface area contributed by atoms with Crippen LogP contribution < -0.4 is 5.73 Å². The second-order valence-corrected chi connectivity index (χ2v) is 6.19. The molecule has 0 radical (unpaired) electrons. The molecule has 2 rings (SSSR count). The zero-order valence-corrected chi connectivity index (χ0v) is 11.7. The first-order valence-electron chi connectivity index (χ1n) is 6.96. The molecule has 2 nitrogen and oxygen atoms in total. The molecule has 1 fully saturated rings. The molecule has 3 atom stereocenters. The summed E-state index contributed by atoms with van der Waals surface area (Å²) in [5.74, 6) is 0.450. The van der Waals surface area contributed by atoms with Crippen LogP contribution in [0.4, 0.5) is 0 Å². The number of rotatable bonds is 4. The molecule has 0 aliphatic carbocycles. The predicted molar refractivity (Wildman–Crippen MR) is 75.3 cm³/mol. The molecular weight excluding hydrogens is 222 g/mol. The Morgan fingerprint density at radius 2 is 2.00 bits per heavy atom. The van der Waals surface area contributed by atoms with Gasteiger partial charge in [-0.15, -0.1) is 0 Å². The fourth-order valence-corrected chi connectivity index (χ4v) is 2.81. The molecule has 1 heterocycles. The van der Waals surface area contributed by atoms with E-state index in [-0.39, 0.29) is 11.6 Å². The van der Waals surface area contributed by atoms with Gasteiger partial charge >= 0.3 is 0 Å². The molecule has 0 saturated carbocycles. The van der Waals surface area contributed by atoms with Crippen LogP contribution >= 0.6 is 0 Å². The van der Waals surface area contributed by atoms with Crippen molar-refractivity contribution in [3.05, 3.63) is 35.9 Å². The summed E-state index contributed by atoms with van der Waals surface area (Å²) in [6, 6.07) is 10.5. The Morgan fingerprint density at radius 3 is 2.56 bits per heavy atom. The van der Waals surface area contributed by atoms with Gasteiger partial charge in [-0.05, 0) is 44.6 Å². The summed E-state index contributed by atoms with van der Waals surface area (Å²) in [4.78, 5) is 0. The molecule has 100 valence electrons. The fraction of sp³-hybridized carbons (Fsp3) is 0.625. The van der Waals surface area contributed by atoms with Crippen molar-refractivity contribution in [2.24, 2.45) is 11.7 Å². The van der Waals surface area contributed by atoms with E-state index < -0.39 is 0 Å². The Morgan fingerprint density at radius 1 is 1.33 bits per heavy atom. The number of hydrogen-bond donors (Lipinski definition) is 1. The van der Waals surface area contributed by atoms with E-state index in [1.54, 1.807) is 0 Å². The standard InChI is InChI=1S/C16H25NO/c1-12(11-14-9-10-16(2,3)18-14)15(17)13-7-5-4-6-8-13/h4-8,12,14-15H,9-11,17H2,1-3H3. The van der Waals surface area contributed by atoms with Crippen LogP contribution in [0.1, 0.15) is 51.6 Å². The molecule has 0 bridgehead atoms. The normalized spacial score (nSPS) is 25.9. The molecule has 0 spiro atoms. The zero-order valence-electron chi connectivity index (χ0n) is 11.7. The zero-order chi connectivity index (χ0) is 13.2. The molecule has 1 aliphatic rings. The minimum absolute atomic E-state index is 0.0568. The molecule has 1 aliphatic heterocycles. The van der Waals surface area contributed by atoms with Crippen LogP contribution in [0.2, 0.25) is 0 Å². The van der Waals surface area contributed by atoms with Crippen LogP contribution in [0.25, 0.3) is 0 Å². The third kappa shape index (κ3) is 3.33. The molecular formula is C16H25NO. The lowest BCUT2D eigenvalue weighted by molar-refractivity contribution is -0.0249. The first-order valence-corrected chi connectivity index (χ1v) is 6.96. The lowest BCUT2D eigenvalue weighted by Gasteiger charge is -2.25. The average molecular weight is 247 g/mol. The van der Waals surface area contributed by atoms with Crippen molar-refractivity contribution in [2.75, 3.05) is 0 Å². The van der Waals surface area contributed by atoms with Crippen molar-refractivity contribution in [3.8, 4) is 0 Å². The minimum atomic E-state index is 0.0568. The maximum absolute atomic E-state index is 6.33. The summed E-state index contributed by atoms with van der Waals surface area (Å²) in [5.41, 5.74) is 7.61. The summed E-state index contributed by atoms with van der Waals surface area (Å²) in [7, 11) is 0. The van der Waals surface area contributed by atoms with Crippen LogP contribution in [-0.2, 0) is 4.74 Å². The van der Waals surface area contributed by atoms with E-state index in [0.29, 0.717) is 12.0 Å². The van der Waals surface area contributed by atoms with Gasteiger partial charge < -0.3 is 10.5 Å². The highest BCUT2D eigenvalue weighted by Crippen LogP contribution is 2.34. The molecule has 1 aromatic rings. The van der Waals surface area contributed by atoms with E-state index in [9.17, 15) is 0 Å². The summed E-state index contributed by atoms with van der Waals surface area (Å²) in [5, 5.41) is 0. The van der Waals surface area contributed by atoms with Gasteiger partial charge in [0.1, 0.15) is 0 Å². The van der Waals surface area contributed by atoms with E-state index in [2.05, 4.69) is 45.0 Å². The van der Waals surface area contributed by atoms with Crippen molar-refractivity contribution in [2.45, 2.75) is 57.8 Å². The number of nitrogens with two attached hydrogens (primary N) is 1. The van der Waals surface area contributed by atoms with Gasteiger partial charge in [0.15, 0.2) is 0 Å². The van der Waals surface area contributed by atoms with E-state index in [1.165, 1.54) is 12.0 Å². The van der Waals surface area contributed by atoms with Crippen LogP contribution in [0.15, 0.2) is 30.3 Å². The van der Waals surface area contributed by atoms with Crippen molar-refractivity contribution in [3.63, 3.8) is 0 Å². The van der Waals surface area contributed by atoms with Gasteiger partial charge in [-0.25, -0.2) is 0 Å². The largest absolute Gasteiger partial charge is 0.372 e. The third-order valence-electron chi connectivity index (χ3n) is 3.99. The second-order valence-electron chi connectivity index (χ2n) is 6.19. The molecule has 2 heteroatoms. The van der Waals surface area contributed by atoms with E-state index in [0.717, 1.165) is 12.8 Å². The lowest BCUT2D eigenvalue weighted by Crippen LogP contribution is -2.25. The molecule has 0 aromatic heterocycles. The summed E-state index contributed by atoms with van der Waals surface area (Å²) < 4.78 is 6.05. The predicted octanol–water partition coefficient (Wildman–Crippen LogP) is 3.67. The Kier molecular flexibility index (Phi) is 4.08. The van der Waals surface area contributed by atoms with Crippen LogP contribution in [-0.4, -0.2) is 11.7 Å². The maximum atomic E-state index is 6.33. The molecule has 2 N–H and O–H groups in total. The van der Waals surface area contributed by atoms with Crippen molar-refractivity contribution < 1.29 is 4.74 Å². The summed E-state index contributed by atoms with van der Waals surface area (Å²) in [6.45, 7) is 6.58. The topological polar surface area (TPSA) is 35.2 Å². The van der Waals surface area contributed by atoms with Gasteiger partial charge in [-0.2, -0.15) is 0 Å². The van der Waals surface area contributed by atoms with Crippen LogP contribution in [0.5, 0.6) is 0 Å². The summed E-state index contributed by atoms with van der Waals surface area (Å²) in [6.07, 6.45) is 3.76. The number of ether oxygens (including phenoxy) is 1. The van der Waals surface area contributed by atoms with Gasteiger partial charge in [0, 0.05) is 6.04 Å². The first kappa shape index (κ1) is 13.6. The summed E-state index contributed by atoms with van der Waals surface area (Å²) >= 11 is 0. The molecule has 1 aromatic carbocycles. The molecule has 18 heavy (non-hydrogen) atoms. The van der Waals surface area contributed by atoms with Crippen molar-refractivity contribution in [1.29, 1.82) is 0 Å². The molecule has 1 saturated heterocycles. The van der Waals surface area contributed by atoms with Crippen LogP contribution in [0.3, 0.4) is 0 Å². The Labute approximate surface area is 111 Å². The quantitative estimate of drug-likeness (QED) is 0.881. The number of benzene rings is 1. The Hall–Kier alpha value is -0.860. The Bertz CT molecular complexity index is 374. The molecule has 0 amide bonds. The van der Waals surface area contributed by atoms with Gasteiger partial charge in [0.05, 0.1) is 11.7 Å². The third-order valence-corrected chi connectivity index (χ3v) is 3.99. The van der Waals surface area contributed by atoms with E-state index in [4.69, 9.17) is 10.5 Å². The number of hydrogen-bond acceptors (Lipinski definition) is 2. The maximum Gasteiger partial charge on any atom is 0.0631 e. The minimum Gasteiger partial charge on any atom is -0.372 e. The SMILES string of the molecule is CC(CC1CCC(C)(C)O1)C(N)c1ccccc1. The van der Waals surface area contributed by atoms with Crippen molar-refractivity contribution >= 4 is 0 Å². The highest BCUT2D eigenvalue weighted by molar-refractivity contribution is 5.19. The van der Waals surface area contributed by atoms with Gasteiger partial charge in [0.25, 0.3) is 0 Å². The highest BCUT2D eigenvalue weighted by atomic mass is 16.5. The smallest absolute Gasteiger partial charge is 0.0631 e. The van der Waals surface area contributed by atoms with E-state index >= 15 is 0 Å². The second kappa shape index (κ2) is 5.41. The highest BCUT2D eigenvalue weighted by Gasteiger charge is 2.33. The van der Waals surface area contributed by atoms with E-state index in [1.807, 2.05) is 6.07 Å². The van der Waals surface area contributed by atoms with Crippen molar-refractivity contribution in [1.82, 2.24) is 0 Å². The fourth-order valence-electron chi connectivity index (χ4n) is 2.81. The van der Waals surface area contributed by atoms with Gasteiger partial charge in [-0.3, -0.25) is 0 Å². The Balaban J connectivity index is 1.90. The lowest BCUT2D eigenvalue weighted by atomic mass is 9.90. The first-order chi connectivity index (χ1) is 8.48. The van der Waals surface area contributed by atoms with Crippen LogP contribution in [0, 0.1) is 5.92 Å². The van der Waals surface area contributed by atoms with Gasteiger partial charge in [-0.1, -0.05) is 37.3 Å². The average Bonchev–Trinajstić information content (AvgIpc) is 2.68.